The standard InChI is InChI=1S/C20H26N2O2.2ClH/c23-16-14-21-10-12-22(13-11-21)15-17-24-20-9-5-4-8-19(20)18-6-2-1-3-7-18;;/h1-9,23H,10-17H2;2*1H. The van der Waals surface area contributed by atoms with Crippen molar-refractivity contribution in [2.45, 2.75) is 0 Å². The van der Waals surface area contributed by atoms with Gasteiger partial charge in [0, 0.05) is 44.8 Å². The number of ether oxygens (including phenoxy) is 1. The lowest BCUT2D eigenvalue weighted by molar-refractivity contribution is 0.102. The number of nitrogens with zero attached hydrogens (tertiary/aromatic N) is 2. The van der Waals surface area contributed by atoms with Crippen LogP contribution in [-0.2, 0) is 0 Å². The molecular formula is C20H28Cl2N2O2. The molecule has 0 spiro atoms. The van der Waals surface area contributed by atoms with Gasteiger partial charge in [-0.25, -0.2) is 0 Å². The number of piperazine rings is 1. The van der Waals surface area contributed by atoms with Crippen molar-refractivity contribution >= 4 is 24.8 Å². The number of aliphatic hydroxyl groups is 1. The Kier molecular flexibility index (Phi) is 10.6. The van der Waals surface area contributed by atoms with Crippen LogP contribution in [-0.4, -0.2) is 67.4 Å². The van der Waals surface area contributed by atoms with Crippen molar-refractivity contribution in [3.05, 3.63) is 54.6 Å². The Morgan fingerprint density at radius 1 is 0.769 bits per heavy atom. The molecule has 2 aromatic rings. The van der Waals surface area contributed by atoms with E-state index in [1.807, 2.05) is 18.2 Å². The van der Waals surface area contributed by atoms with Crippen LogP contribution in [0.5, 0.6) is 5.75 Å². The molecule has 1 N–H and O–H groups in total. The van der Waals surface area contributed by atoms with Crippen LogP contribution in [0.4, 0.5) is 0 Å². The molecule has 0 bridgehead atoms. The number of para-hydroxylation sites is 1. The smallest absolute Gasteiger partial charge is 0.127 e. The molecule has 1 aliphatic rings. The third-order valence-corrected chi connectivity index (χ3v) is 4.52. The minimum atomic E-state index is 0. The number of rotatable bonds is 7. The topological polar surface area (TPSA) is 35.9 Å². The minimum absolute atomic E-state index is 0. The zero-order chi connectivity index (χ0) is 16.6. The molecule has 144 valence electrons. The van der Waals surface area contributed by atoms with Crippen molar-refractivity contribution in [2.75, 3.05) is 52.5 Å². The first kappa shape index (κ1) is 22.7. The summed E-state index contributed by atoms with van der Waals surface area (Å²) in [6, 6.07) is 18.6. The van der Waals surface area contributed by atoms with Gasteiger partial charge in [-0.2, -0.15) is 0 Å². The van der Waals surface area contributed by atoms with Crippen LogP contribution < -0.4 is 4.74 Å². The van der Waals surface area contributed by atoms with E-state index in [4.69, 9.17) is 9.84 Å². The van der Waals surface area contributed by atoms with Crippen LogP contribution in [0.25, 0.3) is 11.1 Å². The Bertz CT molecular complexity index is 620. The zero-order valence-electron chi connectivity index (χ0n) is 14.9. The molecule has 0 unspecified atom stereocenters. The normalized spacial score (nSPS) is 15.0. The summed E-state index contributed by atoms with van der Waals surface area (Å²) >= 11 is 0. The second-order valence-electron chi connectivity index (χ2n) is 6.12. The average molecular weight is 399 g/mol. The van der Waals surface area contributed by atoms with Gasteiger partial charge >= 0.3 is 0 Å². The lowest BCUT2D eigenvalue weighted by atomic mass is 10.1. The van der Waals surface area contributed by atoms with Crippen LogP contribution in [0.1, 0.15) is 0 Å². The Hall–Kier alpha value is -1.30. The quantitative estimate of drug-likeness (QED) is 0.776. The highest BCUT2D eigenvalue weighted by Crippen LogP contribution is 2.29. The largest absolute Gasteiger partial charge is 0.492 e. The average Bonchev–Trinajstić information content (AvgIpc) is 2.65. The molecule has 0 saturated carbocycles. The molecule has 6 heteroatoms. The van der Waals surface area contributed by atoms with Gasteiger partial charge in [-0.1, -0.05) is 48.5 Å². The van der Waals surface area contributed by atoms with E-state index in [-0.39, 0.29) is 31.4 Å². The predicted molar refractivity (Wildman–Crippen MR) is 112 cm³/mol. The molecule has 0 radical (unpaired) electrons. The molecule has 26 heavy (non-hydrogen) atoms. The Labute approximate surface area is 168 Å². The highest BCUT2D eigenvalue weighted by molar-refractivity contribution is 5.85. The van der Waals surface area contributed by atoms with Gasteiger partial charge in [0.25, 0.3) is 0 Å². The summed E-state index contributed by atoms with van der Waals surface area (Å²) in [6.07, 6.45) is 0. The monoisotopic (exact) mass is 398 g/mol. The fraction of sp³-hybridized carbons (Fsp3) is 0.400. The Morgan fingerprint density at radius 3 is 2.00 bits per heavy atom. The first-order valence-electron chi connectivity index (χ1n) is 8.69. The van der Waals surface area contributed by atoms with Gasteiger partial charge < -0.3 is 9.84 Å². The van der Waals surface area contributed by atoms with E-state index in [9.17, 15) is 0 Å². The van der Waals surface area contributed by atoms with Crippen molar-refractivity contribution in [1.82, 2.24) is 9.80 Å². The van der Waals surface area contributed by atoms with Crippen LogP contribution >= 0.6 is 24.8 Å². The first-order chi connectivity index (χ1) is 11.9. The SMILES string of the molecule is Cl.Cl.OCCN1CCN(CCOc2ccccc2-c2ccccc2)CC1. The molecule has 0 atom stereocenters. The van der Waals surface area contributed by atoms with Gasteiger partial charge in [-0.05, 0) is 11.6 Å². The Balaban J connectivity index is 0.00000169. The second kappa shape index (κ2) is 12.2. The third-order valence-electron chi connectivity index (χ3n) is 4.52. The lowest BCUT2D eigenvalue weighted by Gasteiger charge is -2.34. The number of aliphatic hydroxyl groups excluding tert-OH is 1. The fourth-order valence-corrected chi connectivity index (χ4v) is 3.11. The molecule has 2 aromatic carbocycles. The van der Waals surface area contributed by atoms with Gasteiger partial charge in [0.15, 0.2) is 0 Å². The number of β-amino-alcohol motifs (C(OH)–C–C–N with tert-alkyl or cyclic N) is 1. The van der Waals surface area contributed by atoms with E-state index in [0.717, 1.165) is 50.6 Å². The fourth-order valence-electron chi connectivity index (χ4n) is 3.11. The number of halogens is 2. The van der Waals surface area contributed by atoms with Crippen LogP contribution in [0.3, 0.4) is 0 Å². The van der Waals surface area contributed by atoms with E-state index >= 15 is 0 Å². The predicted octanol–water partition coefficient (Wildman–Crippen LogP) is 3.19. The van der Waals surface area contributed by atoms with Crippen LogP contribution in [0.15, 0.2) is 54.6 Å². The summed E-state index contributed by atoms with van der Waals surface area (Å²) < 4.78 is 6.07. The molecule has 4 nitrogen and oxygen atoms in total. The molecule has 0 aliphatic carbocycles. The molecule has 0 amide bonds. The number of benzene rings is 2. The minimum Gasteiger partial charge on any atom is -0.492 e. The molecular weight excluding hydrogens is 371 g/mol. The summed E-state index contributed by atoms with van der Waals surface area (Å²) in [5, 5.41) is 9.00. The number of hydrogen-bond acceptors (Lipinski definition) is 4. The summed E-state index contributed by atoms with van der Waals surface area (Å²) in [5.74, 6) is 0.947. The summed E-state index contributed by atoms with van der Waals surface area (Å²) in [4.78, 5) is 4.74. The highest BCUT2D eigenvalue weighted by atomic mass is 35.5. The van der Waals surface area contributed by atoms with Gasteiger partial charge in [0.2, 0.25) is 0 Å². The second-order valence-corrected chi connectivity index (χ2v) is 6.12. The number of hydrogen-bond donors (Lipinski definition) is 1. The van der Waals surface area contributed by atoms with E-state index in [1.165, 1.54) is 5.56 Å². The molecule has 1 aliphatic heterocycles. The maximum absolute atomic E-state index is 9.00. The van der Waals surface area contributed by atoms with Crippen molar-refractivity contribution in [1.29, 1.82) is 0 Å². The van der Waals surface area contributed by atoms with Crippen molar-refractivity contribution in [3.63, 3.8) is 0 Å². The van der Waals surface area contributed by atoms with Crippen molar-refractivity contribution in [3.8, 4) is 16.9 Å². The molecule has 0 aromatic heterocycles. The van der Waals surface area contributed by atoms with Crippen molar-refractivity contribution in [2.24, 2.45) is 0 Å². The Morgan fingerprint density at radius 2 is 1.35 bits per heavy atom. The summed E-state index contributed by atoms with van der Waals surface area (Å²) in [5.41, 5.74) is 2.33. The first-order valence-corrected chi connectivity index (χ1v) is 8.69. The van der Waals surface area contributed by atoms with E-state index in [0.29, 0.717) is 6.61 Å². The van der Waals surface area contributed by atoms with Crippen molar-refractivity contribution < 1.29 is 9.84 Å². The van der Waals surface area contributed by atoms with Gasteiger partial charge in [-0.3, -0.25) is 9.80 Å². The molecule has 1 heterocycles. The van der Waals surface area contributed by atoms with Gasteiger partial charge in [-0.15, -0.1) is 24.8 Å². The third kappa shape index (κ3) is 6.45. The van der Waals surface area contributed by atoms with Crippen LogP contribution in [0.2, 0.25) is 0 Å². The summed E-state index contributed by atoms with van der Waals surface area (Å²) in [6.45, 7) is 6.82. The van der Waals surface area contributed by atoms with E-state index in [2.05, 4.69) is 46.2 Å². The molecule has 1 saturated heterocycles. The highest BCUT2D eigenvalue weighted by Gasteiger charge is 2.16. The maximum Gasteiger partial charge on any atom is 0.127 e. The van der Waals surface area contributed by atoms with E-state index < -0.39 is 0 Å². The van der Waals surface area contributed by atoms with Gasteiger partial charge in [0.05, 0.1) is 6.61 Å². The van der Waals surface area contributed by atoms with Crippen LogP contribution in [0, 0.1) is 0 Å². The molecule has 1 fully saturated rings. The zero-order valence-corrected chi connectivity index (χ0v) is 16.6. The van der Waals surface area contributed by atoms with Gasteiger partial charge in [0.1, 0.15) is 12.4 Å². The maximum atomic E-state index is 9.00. The lowest BCUT2D eigenvalue weighted by Crippen LogP contribution is -2.48. The summed E-state index contributed by atoms with van der Waals surface area (Å²) in [7, 11) is 0. The molecule has 3 rings (SSSR count). The van der Waals surface area contributed by atoms with E-state index in [1.54, 1.807) is 0 Å².